The summed E-state index contributed by atoms with van der Waals surface area (Å²) in [5, 5.41) is 7.24. The van der Waals surface area contributed by atoms with Crippen molar-refractivity contribution in [1.29, 1.82) is 0 Å². The van der Waals surface area contributed by atoms with Gasteiger partial charge in [0.15, 0.2) is 5.82 Å². The van der Waals surface area contributed by atoms with Gasteiger partial charge in [-0.2, -0.15) is 5.10 Å². The van der Waals surface area contributed by atoms with Gasteiger partial charge in [-0.05, 0) is 29.8 Å². The summed E-state index contributed by atoms with van der Waals surface area (Å²) >= 11 is 6.18. The zero-order valence-corrected chi connectivity index (χ0v) is 15.5. The second-order valence-corrected chi connectivity index (χ2v) is 6.11. The first-order valence-electron chi connectivity index (χ1n) is 8.00. The Hall–Kier alpha value is -3.06. The number of nitrogens with zero attached hydrogens (tertiary/aromatic N) is 2. The number of aromatic nitrogens is 2. The van der Waals surface area contributed by atoms with Crippen LogP contribution in [0.1, 0.15) is 15.9 Å². The highest BCUT2D eigenvalue weighted by atomic mass is 35.5. The van der Waals surface area contributed by atoms with Gasteiger partial charge in [0.05, 0.1) is 20.8 Å². The molecule has 27 heavy (non-hydrogen) atoms. The highest BCUT2D eigenvalue weighted by Gasteiger charge is 2.14. The highest BCUT2D eigenvalue weighted by Crippen LogP contribution is 2.25. The third-order valence-electron chi connectivity index (χ3n) is 3.82. The number of benzene rings is 2. The molecule has 0 aliphatic carbocycles. The number of halogens is 2. The number of hydrogen-bond acceptors (Lipinski definition) is 4. The van der Waals surface area contributed by atoms with E-state index in [1.54, 1.807) is 41.2 Å². The van der Waals surface area contributed by atoms with Crippen LogP contribution in [0.3, 0.4) is 0 Å². The van der Waals surface area contributed by atoms with Gasteiger partial charge >= 0.3 is 0 Å². The minimum atomic E-state index is -0.402. The smallest absolute Gasteiger partial charge is 0.257 e. The fourth-order valence-corrected chi connectivity index (χ4v) is 2.66. The summed E-state index contributed by atoms with van der Waals surface area (Å²) < 4.78 is 24.9. The number of amides is 1. The quantitative estimate of drug-likeness (QED) is 0.692. The first-order chi connectivity index (χ1) is 13.0. The van der Waals surface area contributed by atoms with Crippen LogP contribution in [0.2, 0.25) is 5.02 Å². The van der Waals surface area contributed by atoms with Crippen molar-refractivity contribution in [3.63, 3.8) is 0 Å². The molecule has 0 aliphatic heterocycles. The second kappa shape index (κ2) is 8.09. The Balaban J connectivity index is 1.76. The molecule has 1 heterocycles. The van der Waals surface area contributed by atoms with Crippen molar-refractivity contribution in [3.05, 3.63) is 70.6 Å². The van der Waals surface area contributed by atoms with Gasteiger partial charge in [0.25, 0.3) is 5.91 Å². The van der Waals surface area contributed by atoms with E-state index in [0.29, 0.717) is 28.6 Å². The molecule has 0 radical (unpaired) electrons. The van der Waals surface area contributed by atoms with E-state index in [9.17, 15) is 9.18 Å². The lowest BCUT2D eigenvalue weighted by atomic mass is 10.2. The average Bonchev–Trinajstić information content (AvgIpc) is 3.01. The number of carbonyl (C=O) groups excluding carboxylic acids is 1. The van der Waals surface area contributed by atoms with Crippen LogP contribution in [0.4, 0.5) is 10.2 Å². The van der Waals surface area contributed by atoms with Gasteiger partial charge in [0.2, 0.25) is 0 Å². The van der Waals surface area contributed by atoms with E-state index in [4.69, 9.17) is 21.1 Å². The predicted molar refractivity (Wildman–Crippen MR) is 100 cm³/mol. The van der Waals surface area contributed by atoms with Gasteiger partial charge in [-0.15, -0.1) is 0 Å². The first-order valence-corrected chi connectivity index (χ1v) is 8.38. The Morgan fingerprint density at radius 2 is 1.78 bits per heavy atom. The Morgan fingerprint density at radius 1 is 1.15 bits per heavy atom. The van der Waals surface area contributed by atoms with Crippen LogP contribution < -0.4 is 14.8 Å². The maximum absolute atomic E-state index is 13.0. The molecule has 0 atom stereocenters. The largest absolute Gasteiger partial charge is 0.497 e. The standard InChI is InChI=1S/C19H17ClFN3O3/c1-26-15-7-13(8-16(9-15)27-2)19(25)22-18-17(20)11-24(23-18)10-12-3-5-14(21)6-4-12/h3-9,11H,10H2,1-2H3,(H,22,23,25). The molecule has 6 nitrogen and oxygen atoms in total. The maximum Gasteiger partial charge on any atom is 0.257 e. The predicted octanol–water partition coefficient (Wildman–Crippen LogP) is 3.99. The van der Waals surface area contributed by atoms with Crippen LogP contribution in [0.5, 0.6) is 11.5 Å². The Labute approximate surface area is 160 Å². The molecule has 8 heteroatoms. The Morgan fingerprint density at radius 3 is 2.37 bits per heavy atom. The lowest BCUT2D eigenvalue weighted by Crippen LogP contribution is -2.13. The number of anilines is 1. The summed E-state index contributed by atoms with van der Waals surface area (Å²) in [5.74, 6) is 0.505. The van der Waals surface area contributed by atoms with E-state index in [0.717, 1.165) is 5.56 Å². The van der Waals surface area contributed by atoms with Gasteiger partial charge < -0.3 is 14.8 Å². The summed E-state index contributed by atoms with van der Waals surface area (Å²) in [7, 11) is 3.01. The SMILES string of the molecule is COc1cc(OC)cc(C(=O)Nc2nn(Cc3ccc(F)cc3)cc2Cl)c1. The molecule has 3 rings (SSSR count). The molecule has 0 aliphatic rings. The zero-order chi connectivity index (χ0) is 19.4. The molecule has 1 amide bonds. The van der Waals surface area contributed by atoms with Crippen LogP contribution >= 0.6 is 11.6 Å². The number of rotatable bonds is 6. The van der Waals surface area contributed by atoms with Gasteiger partial charge in [-0.25, -0.2) is 4.39 Å². The highest BCUT2D eigenvalue weighted by molar-refractivity contribution is 6.33. The first kappa shape index (κ1) is 18.7. The maximum atomic E-state index is 13.0. The Kier molecular flexibility index (Phi) is 5.61. The molecule has 1 N–H and O–H groups in total. The monoisotopic (exact) mass is 389 g/mol. The summed E-state index contributed by atoms with van der Waals surface area (Å²) in [6, 6.07) is 10.9. The number of methoxy groups -OCH3 is 2. The van der Waals surface area contributed by atoms with Crippen LogP contribution in [0, 0.1) is 5.82 Å². The summed E-state index contributed by atoms with van der Waals surface area (Å²) in [6.07, 6.45) is 1.59. The summed E-state index contributed by atoms with van der Waals surface area (Å²) in [6.45, 7) is 0.392. The average molecular weight is 390 g/mol. The van der Waals surface area contributed by atoms with Crippen molar-refractivity contribution in [2.75, 3.05) is 19.5 Å². The van der Waals surface area contributed by atoms with Crippen molar-refractivity contribution in [1.82, 2.24) is 9.78 Å². The van der Waals surface area contributed by atoms with Gasteiger partial charge in [0.1, 0.15) is 22.3 Å². The minimum absolute atomic E-state index is 0.227. The third kappa shape index (κ3) is 4.57. The molecule has 1 aromatic heterocycles. The molecule has 0 fully saturated rings. The normalized spacial score (nSPS) is 10.5. The molecule has 0 saturated carbocycles. The van der Waals surface area contributed by atoms with Crippen LogP contribution in [0.15, 0.2) is 48.7 Å². The molecule has 2 aromatic carbocycles. The third-order valence-corrected chi connectivity index (χ3v) is 4.10. The van der Waals surface area contributed by atoms with Crippen LogP contribution in [-0.4, -0.2) is 29.9 Å². The zero-order valence-electron chi connectivity index (χ0n) is 14.7. The van der Waals surface area contributed by atoms with Crippen LogP contribution in [-0.2, 0) is 6.54 Å². The van der Waals surface area contributed by atoms with E-state index < -0.39 is 5.91 Å². The second-order valence-electron chi connectivity index (χ2n) is 5.71. The van der Waals surface area contributed by atoms with Crippen molar-refractivity contribution in [2.24, 2.45) is 0 Å². The van der Waals surface area contributed by atoms with Crippen LogP contribution in [0.25, 0.3) is 0 Å². The van der Waals surface area contributed by atoms with E-state index >= 15 is 0 Å². The summed E-state index contributed by atoms with van der Waals surface area (Å²) in [5.41, 5.74) is 1.20. The lowest BCUT2D eigenvalue weighted by molar-refractivity contribution is 0.102. The van der Waals surface area contributed by atoms with E-state index in [1.807, 2.05) is 0 Å². The van der Waals surface area contributed by atoms with E-state index in [1.165, 1.54) is 26.4 Å². The van der Waals surface area contributed by atoms with Gasteiger partial charge in [0, 0.05) is 17.8 Å². The fraction of sp³-hybridized carbons (Fsp3) is 0.158. The molecule has 0 saturated heterocycles. The number of nitrogens with one attached hydrogen (secondary N) is 1. The molecule has 140 valence electrons. The number of ether oxygens (including phenoxy) is 2. The van der Waals surface area contributed by atoms with E-state index in [-0.39, 0.29) is 11.6 Å². The van der Waals surface area contributed by atoms with E-state index in [2.05, 4.69) is 10.4 Å². The number of carbonyl (C=O) groups is 1. The molecular weight excluding hydrogens is 373 g/mol. The lowest BCUT2D eigenvalue weighted by Gasteiger charge is -2.08. The van der Waals surface area contributed by atoms with Gasteiger partial charge in [-0.3, -0.25) is 9.48 Å². The molecule has 3 aromatic rings. The molecular formula is C19H17ClFN3O3. The summed E-state index contributed by atoms with van der Waals surface area (Å²) in [4.78, 5) is 12.5. The molecule has 0 unspecified atom stereocenters. The van der Waals surface area contributed by atoms with Crippen molar-refractivity contribution in [2.45, 2.75) is 6.54 Å². The topological polar surface area (TPSA) is 65.4 Å². The number of hydrogen-bond donors (Lipinski definition) is 1. The van der Waals surface area contributed by atoms with Crippen molar-refractivity contribution < 1.29 is 18.7 Å². The Bertz CT molecular complexity index is 935. The van der Waals surface area contributed by atoms with Gasteiger partial charge in [-0.1, -0.05) is 23.7 Å². The minimum Gasteiger partial charge on any atom is -0.497 e. The van der Waals surface area contributed by atoms with Crippen molar-refractivity contribution in [3.8, 4) is 11.5 Å². The molecule has 0 bridgehead atoms. The molecule has 0 spiro atoms. The fourth-order valence-electron chi connectivity index (χ4n) is 2.46. The van der Waals surface area contributed by atoms with Crippen molar-refractivity contribution >= 4 is 23.3 Å².